The number of alkyl halides is 3. The molecule has 0 aromatic heterocycles. The third-order valence-corrected chi connectivity index (χ3v) is 4.42. The summed E-state index contributed by atoms with van der Waals surface area (Å²) in [6.07, 6.45) is -0.728. The van der Waals surface area contributed by atoms with Crippen molar-refractivity contribution in [3.05, 3.63) is 70.2 Å². The van der Waals surface area contributed by atoms with Gasteiger partial charge in [0.1, 0.15) is 11.8 Å². The summed E-state index contributed by atoms with van der Waals surface area (Å²) in [6, 6.07) is 12.2. The average Bonchev–Trinajstić information content (AvgIpc) is 3.08. The van der Waals surface area contributed by atoms with Gasteiger partial charge in [-0.1, -0.05) is 47.1 Å². The number of rotatable bonds is 4. The van der Waals surface area contributed by atoms with Gasteiger partial charge in [0.05, 0.1) is 5.56 Å². The summed E-state index contributed by atoms with van der Waals surface area (Å²) in [4.78, 5) is 5.56. The second kappa shape index (κ2) is 7.48. The zero-order chi connectivity index (χ0) is 17.9. The maximum atomic E-state index is 13.5. The first-order valence-electron chi connectivity index (χ1n) is 8.11. The van der Waals surface area contributed by atoms with Gasteiger partial charge in [-0.05, 0) is 43.9 Å². The lowest BCUT2D eigenvalue weighted by Crippen LogP contribution is -2.16. The number of hydrogen-bond donors (Lipinski definition) is 0. The van der Waals surface area contributed by atoms with E-state index in [0.29, 0.717) is 5.56 Å². The molecule has 0 N–H and O–H groups in total. The molecule has 25 heavy (non-hydrogen) atoms. The molecule has 0 amide bonds. The lowest BCUT2D eigenvalue weighted by Gasteiger charge is -2.16. The van der Waals surface area contributed by atoms with Gasteiger partial charge in [0.2, 0.25) is 0 Å². The molecular formula is C19H17ClF3NO. The van der Waals surface area contributed by atoms with Gasteiger partial charge in [0, 0.05) is 16.1 Å². The molecule has 1 fully saturated rings. The van der Waals surface area contributed by atoms with Crippen LogP contribution in [-0.2, 0) is 11.0 Å². The van der Waals surface area contributed by atoms with Crippen LogP contribution in [0.3, 0.4) is 0 Å². The van der Waals surface area contributed by atoms with Crippen molar-refractivity contribution in [2.24, 2.45) is 5.16 Å². The Hall–Kier alpha value is -2.01. The fourth-order valence-corrected chi connectivity index (χ4v) is 3.11. The van der Waals surface area contributed by atoms with E-state index < -0.39 is 11.7 Å². The van der Waals surface area contributed by atoms with Gasteiger partial charge in [0.15, 0.2) is 0 Å². The first kappa shape index (κ1) is 17.8. The van der Waals surface area contributed by atoms with Gasteiger partial charge < -0.3 is 4.84 Å². The Kier molecular flexibility index (Phi) is 5.33. The van der Waals surface area contributed by atoms with Crippen molar-refractivity contribution in [2.45, 2.75) is 38.0 Å². The number of hydrogen-bond acceptors (Lipinski definition) is 2. The molecule has 0 heterocycles. The third kappa shape index (κ3) is 4.34. The van der Waals surface area contributed by atoms with E-state index in [2.05, 4.69) is 5.16 Å². The highest BCUT2D eigenvalue weighted by molar-refractivity contribution is 6.31. The van der Waals surface area contributed by atoms with E-state index in [0.717, 1.165) is 31.7 Å². The third-order valence-electron chi connectivity index (χ3n) is 4.18. The lowest BCUT2D eigenvalue weighted by atomic mass is 9.97. The number of nitrogens with zero attached hydrogens (tertiary/aromatic N) is 1. The van der Waals surface area contributed by atoms with Gasteiger partial charge >= 0.3 is 6.18 Å². The largest absolute Gasteiger partial charge is 0.417 e. The highest BCUT2D eigenvalue weighted by atomic mass is 35.5. The second-order valence-corrected chi connectivity index (χ2v) is 6.44. The van der Waals surface area contributed by atoms with Crippen LogP contribution in [0.2, 0.25) is 5.02 Å². The van der Waals surface area contributed by atoms with E-state index in [9.17, 15) is 13.2 Å². The molecular weight excluding hydrogens is 351 g/mol. The number of benzene rings is 2. The zero-order valence-corrected chi connectivity index (χ0v) is 14.1. The van der Waals surface area contributed by atoms with E-state index in [1.165, 1.54) is 12.1 Å². The predicted molar refractivity (Wildman–Crippen MR) is 91.9 cm³/mol. The Bertz CT molecular complexity index is 753. The zero-order valence-electron chi connectivity index (χ0n) is 13.4. The first-order chi connectivity index (χ1) is 11.9. The summed E-state index contributed by atoms with van der Waals surface area (Å²) in [5.74, 6) is 0. The molecule has 1 aliphatic rings. The Labute approximate surface area is 149 Å². The van der Waals surface area contributed by atoms with Gasteiger partial charge in [0.25, 0.3) is 0 Å². The Morgan fingerprint density at radius 1 is 1.04 bits per heavy atom. The molecule has 0 bridgehead atoms. The molecule has 1 saturated carbocycles. The lowest BCUT2D eigenvalue weighted by molar-refractivity contribution is -0.137. The highest BCUT2D eigenvalue weighted by Gasteiger charge is 2.35. The molecule has 0 aliphatic heterocycles. The molecule has 0 atom stereocenters. The molecule has 132 valence electrons. The van der Waals surface area contributed by atoms with Crippen LogP contribution in [0.1, 0.15) is 42.4 Å². The van der Waals surface area contributed by atoms with Crippen LogP contribution in [0.15, 0.2) is 53.7 Å². The maximum Gasteiger partial charge on any atom is 0.417 e. The van der Waals surface area contributed by atoms with Crippen LogP contribution >= 0.6 is 11.6 Å². The Balaban J connectivity index is 2.08. The van der Waals surface area contributed by atoms with Crippen molar-refractivity contribution >= 4 is 17.3 Å². The molecule has 2 nitrogen and oxygen atoms in total. The summed E-state index contributed by atoms with van der Waals surface area (Å²) < 4.78 is 40.4. The highest BCUT2D eigenvalue weighted by Crippen LogP contribution is 2.35. The summed E-state index contributed by atoms with van der Waals surface area (Å²) in [6.45, 7) is 0. The number of halogens is 4. The minimum atomic E-state index is -4.51. The summed E-state index contributed by atoms with van der Waals surface area (Å²) in [5.41, 5.74) is -0.172. The molecule has 2 aromatic rings. The second-order valence-electron chi connectivity index (χ2n) is 6.01. The van der Waals surface area contributed by atoms with Crippen LogP contribution in [-0.4, -0.2) is 11.8 Å². The van der Waals surface area contributed by atoms with Crippen molar-refractivity contribution in [1.82, 2.24) is 0 Å². The number of oxime groups is 1. The summed E-state index contributed by atoms with van der Waals surface area (Å²) >= 11 is 5.96. The van der Waals surface area contributed by atoms with Crippen molar-refractivity contribution in [2.75, 3.05) is 0 Å². The smallest absolute Gasteiger partial charge is 0.392 e. The SMILES string of the molecule is FC(F)(F)c1ccc(Cl)cc1C(=NOC1CCCC1)c1ccccc1. The van der Waals surface area contributed by atoms with Crippen LogP contribution in [0, 0.1) is 0 Å². The molecule has 0 radical (unpaired) electrons. The van der Waals surface area contributed by atoms with Gasteiger partial charge in [-0.15, -0.1) is 0 Å². The average molecular weight is 368 g/mol. The molecule has 2 aromatic carbocycles. The molecule has 6 heteroatoms. The minimum Gasteiger partial charge on any atom is -0.392 e. The van der Waals surface area contributed by atoms with E-state index in [-0.39, 0.29) is 22.4 Å². The summed E-state index contributed by atoms with van der Waals surface area (Å²) in [5, 5.41) is 4.33. The fourth-order valence-electron chi connectivity index (χ4n) is 2.93. The van der Waals surface area contributed by atoms with Crippen LogP contribution in [0.4, 0.5) is 13.2 Å². The Morgan fingerprint density at radius 2 is 1.72 bits per heavy atom. The van der Waals surface area contributed by atoms with Gasteiger partial charge in [-0.3, -0.25) is 0 Å². The van der Waals surface area contributed by atoms with Crippen LogP contribution in [0.5, 0.6) is 0 Å². The van der Waals surface area contributed by atoms with E-state index in [4.69, 9.17) is 16.4 Å². The van der Waals surface area contributed by atoms with Crippen molar-refractivity contribution in [3.63, 3.8) is 0 Å². The topological polar surface area (TPSA) is 21.6 Å². The van der Waals surface area contributed by atoms with Gasteiger partial charge in [-0.2, -0.15) is 13.2 Å². The van der Waals surface area contributed by atoms with E-state index in [1.807, 2.05) is 0 Å². The monoisotopic (exact) mass is 367 g/mol. The minimum absolute atomic E-state index is 0.0489. The maximum absolute atomic E-state index is 13.5. The van der Waals surface area contributed by atoms with Crippen LogP contribution < -0.4 is 0 Å². The van der Waals surface area contributed by atoms with Crippen molar-refractivity contribution in [3.8, 4) is 0 Å². The molecule has 1 aliphatic carbocycles. The Morgan fingerprint density at radius 3 is 2.36 bits per heavy atom. The fraction of sp³-hybridized carbons (Fsp3) is 0.316. The van der Waals surface area contributed by atoms with E-state index in [1.54, 1.807) is 30.3 Å². The molecule has 0 spiro atoms. The standard InChI is InChI=1S/C19H17ClF3NO/c20-14-10-11-17(19(21,22)23)16(12-14)18(13-6-2-1-3-7-13)24-25-15-8-4-5-9-15/h1-3,6-7,10-12,15H,4-5,8-9H2. The quantitative estimate of drug-likeness (QED) is 0.474. The molecule has 0 saturated heterocycles. The summed E-state index contributed by atoms with van der Waals surface area (Å²) in [7, 11) is 0. The first-order valence-corrected chi connectivity index (χ1v) is 8.49. The van der Waals surface area contributed by atoms with Gasteiger partial charge in [-0.25, -0.2) is 0 Å². The predicted octanol–water partition coefficient (Wildman–Crippen LogP) is 6.07. The normalized spacial score (nSPS) is 16.2. The molecule has 0 unspecified atom stereocenters. The van der Waals surface area contributed by atoms with Crippen molar-refractivity contribution < 1.29 is 18.0 Å². The van der Waals surface area contributed by atoms with Crippen molar-refractivity contribution in [1.29, 1.82) is 0 Å². The van der Waals surface area contributed by atoms with Crippen LogP contribution in [0.25, 0.3) is 0 Å². The van der Waals surface area contributed by atoms with E-state index >= 15 is 0 Å². The molecule has 3 rings (SSSR count).